The molecule has 2 aliphatic heterocycles. The van der Waals surface area contributed by atoms with Crippen LogP contribution >= 0.6 is 0 Å². The maximum absolute atomic E-state index is 12.0. The molecule has 18 heavy (non-hydrogen) atoms. The molecule has 5 heteroatoms. The largest absolute Gasteiger partial charge is 0.368 e. The first-order valence-corrected chi connectivity index (χ1v) is 7.06. The molecule has 0 radical (unpaired) electrons. The summed E-state index contributed by atoms with van der Waals surface area (Å²) in [4.78, 5) is 16.7. The minimum Gasteiger partial charge on any atom is -0.368 e. The molecule has 104 valence electrons. The van der Waals surface area contributed by atoms with E-state index in [-0.39, 0.29) is 5.91 Å². The van der Waals surface area contributed by atoms with E-state index in [1.165, 1.54) is 0 Å². The second-order valence-corrected chi connectivity index (χ2v) is 5.80. The van der Waals surface area contributed by atoms with Crippen molar-refractivity contribution in [1.82, 2.24) is 15.1 Å². The van der Waals surface area contributed by atoms with E-state index in [1.807, 2.05) is 0 Å². The number of hydrogen-bond donors (Lipinski definition) is 2. The number of rotatable bonds is 3. The van der Waals surface area contributed by atoms with Gasteiger partial charge < -0.3 is 11.1 Å². The zero-order valence-electron chi connectivity index (χ0n) is 11.6. The summed E-state index contributed by atoms with van der Waals surface area (Å²) >= 11 is 0. The summed E-state index contributed by atoms with van der Waals surface area (Å²) in [5.41, 5.74) is 5.32. The van der Waals surface area contributed by atoms with Crippen molar-refractivity contribution in [2.75, 3.05) is 39.3 Å². The second kappa shape index (κ2) is 5.55. The number of nitrogens with two attached hydrogens (primary N) is 1. The van der Waals surface area contributed by atoms with Crippen LogP contribution in [0.4, 0.5) is 0 Å². The minimum absolute atomic E-state index is 0.146. The van der Waals surface area contributed by atoms with Gasteiger partial charge in [0.25, 0.3) is 0 Å². The van der Waals surface area contributed by atoms with Crippen molar-refractivity contribution in [1.29, 1.82) is 0 Å². The molecule has 1 amide bonds. The highest BCUT2D eigenvalue weighted by Gasteiger charge is 2.48. The second-order valence-electron chi connectivity index (χ2n) is 5.80. The molecule has 3 N–H and O–H groups in total. The first-order chi connectivity index (χ1) is 8.56. The van der Waals surface area contributed by atoms with E-state index in [2.05, 4.69) is 29.0 Å². The molecule has 0 aliphatic carbocycles. The maximum atomic E-state index is 12.0. The summed E-state index contributed by atoms with van der Waals surface area (Å²) in [6, 6.07) is 0.483. The molecule has 5 nitrogen and oxygen atoms in total. The van der Waals surface area contributed by atoms with E-state index >= 15 is 0 Å². The lowest BCUT2D eigenvalue weighted by atomic mass is 9.94. The molecule has 2 aliphatic rings. The van der Waals surface area contributed by atoms with E-state index < -0.39 is 5.54 Å². The molecule has 2 rings (SSSR count). The molecule has 0 bridgehead atoms. The SMILES string of the molecule is CC(C)N1CCC(C(N)=O)(N2CCCNCC2)C1. The highest BCUT2D eigenvalue weighted by Crippen LogP contribution is 2.29. The first kappa shape index (κ1) is 13.8. The van der Waals surface area contributed by atoms with Crippen LogP contribution in [0.25, 0.3) is 0 Å². The van der Waals surface area contributed by atoms with Gasteiger partial charge in [-0.2, -0.15) is 0 Å². The lowest BCUT2D eigenvalue weighted by Crippen LogP contribution is -2.60. The minimum atomic E-state index is -0.434. The van der Waals surface area contributed by atoms with Crippen LogP contribution in [0, 0.1) is 0 Å². The molecule has 1 atom stereocenters. The summed E-state index contributed by atoms with van der Waals surface area (Å²) in [6.07, 6.45) is 1.97. The van der Waals surface area contributed by atoms with Gasteiger partial charge in [0.05, 0.1) is 0 Å². The smallest absolute Gasteiger partial charge is 0.239 e. The van der Waals surface area contributed by atoms with Gasteiger partial charge in [-0.1, -0.05) is 0 Å². The van der Waals surface area contributed by atoms with Crippen molar-refractivity contribution < 1.29 is 4.79 Å². The molecule has 2 fully saturated rings. The van der Waals surface area contributed by atoms with Crippen LogP contribution in [0.1, 0.15) is 26.7 Å². The van der Waals surface area contributed by atoms with Crippen molar-refractivity contribution in [3.05, 3.63) is 0 Å². The van der Waals surface area contributed by atoms with Crippen molar-refractivity contribution >= 4 is 5.91 Å². The van der Waals surface area contributed by atoms with Gasteiger partial charge in [0, 0.05) is 38.8 Å². The predicted molar refractivity (Wildman–Crippen MR) is 72.3 cm³/mol. The van der Waals surface area contributed by atoms with Gasteiger partial charge in [-0.05, 0) is 33.2 Å². The van der Waals surface area contributed by atoms with Gasteiger partial charge in [0.1, 0.15) is 5.54 Å². The molecule has 0 aromatic rings. The number of amides is 1. The van der Waals surface area contributed by atoms with E-state index in [1.54, 1.807) is 0 Å². The molecule has 2 saturated heterocycles. The van der Waals surface area contributed by atoms with Crippen molar-refractivity contribution in [3.8, 4) is 0 Å². The Hall–Kier alpha value is -0.650. The van der Waals surface area contributed by atoms with E-state index in [4.69, 9.17) is 5.73 Å². The average Bonchev–Trinajstić information content (AvgIpc) is 2.61. The number of nitrogens with one attached hydrogen (secondary N) is 1. The number of primary amides is 1. The van der Waals surface area contributed by atoms with Gasteiger partial charge >= 0.3 is 0 Å². The Labute approximate surface area is 110 Å². The Morgan fingerprint density at radius 2 is 2.06 bits per heavy atom. The average molecular weight is 254 g/mol. The summed E-state index contributed by atoms with van der Waals surface area (Å²) in [6.45, 7) is 10.0. The third-order valence-electron chi connectivity index (χ3n) is 4.41. The zero-order valence-corrected chi connectivity index (χ0v) is 11.6. The Kier molecular flexibility index (Phi) is 4.25. The normalized spacial score (nSPS) is 31.7. The van der Waals surface area contributed by atoms with Gasteiger partial charge in [-0.25, -0.2) is 0 Å². The predicted octanol–water partition coefficient (Wildman–Crippen LogP) is -0.380. The van der Waals surface area contributed by atoms with Crippen LogP contribution in [-0.2, 0) is 4.79 Å². The number of likely N-dealkylation sites (tertiary alicyclic amines) is 1. The molecule has 0 spiro atoms. The molecule has 2 heterocycles. The monoisotopic (exact) mass is 254 g/mol. The van der Waals surface area contributed by atoms with E-state index in [0.29, 0.717) is 6.04 Å². The number of nitrogens with zero attached hydrogens (tertiary/aromatic N) is 2. The fraction of sp³-hybridized carbons (Fsp3) is 0.923. The van der Waals surface area contributed by atoms with Crippen molar-refractivity contribution in [3.63, 3.8) is 0 Å². The molecule has 1 unspecified atom stereocenters. The van der Waals surface area contributed by atoms with Crippen LogP contribution in [0.3, 0.4) is 0 Å². The molecular weight excluding hydrogens is 228 g/mol. The number of carbonyl (C=O) groups is 1. The van der Waals surface area contributed by atoms with Crippen LogP contribution in [-0.4, -0.2) is 66.6 Å². The number of hydrogen-bond acceptors (Lipinski definition) is 4. The van der Waals surface area contributed by atoms with Crippen LogP contribution in [0.15, 0.2) is 0 Å². The third kappa shape index (κ3) is 2.53. The highest BCUT2D eigenvalue weighted by molar-refractivity contribution is 5.85. The van der Waals surface area contributed by atoms with Gasteiger partial charge in [0.15, 0.2) is 0 Å². The Morgan fingerprint density at radius 1 is 1.28 bits per heavy atom. The van der Waals surface area contributed by atoms with Crippen molar-refractivity contribution in [2.45, 2.75) is 38.3 Å². The highest BCUT2D eigenvalue weighted by atomic mass is 16.1. The Bertz CT molecular complexity index is 299. The summed E-state index contributed by atoms with van der Waals surface area (Å²) in [5, 5.41) is 3.38. The van der Waals surface area contributed by atoms with Gasteiger partial charge in [-0.15, -0.1) is 0 Å². The van der Waals surface area contributed by atoms with Crippen LogP contribution < -0.4 is 11.1 Å². The topological polar surface area (TPSA) is 61.6 Å². The summed E-state index contributed by atoms with van der Waals surface area (Å²) < 4.78 is 0. The van der Waals surface area contributed by atoms with E-state index in [9.17, 15) is 4.79 Å². The fourth-order valence-electron chi connectivity index (χ4n) is 3.15. The standard InChI is InChI=1S/C13H26N4O/c1-11(2)16-8-4-13(10-16,12(14)18)17-7-3-5-15-6-9-17/h11,15H,3-10H2,1-2H3,(H2,14,18). The maximum Gasteiger partial charge on any atom is 0.239 e. The number of carbonyl (C=O) groups excluding carboxylic acids is 1. The first-order valence-electron chi connectivity index (χ1n) is 7.06. The zero-order chi connectivity index (χ0) is 13.2. The quantitative estimate of drug-likeness (QED) is 0.721. The van der Waals surface area contributed by atoms with Crippen molar-refractivity contribution in [2.24, 2.45) is 5.73 Å². The fourth-order valence-corrected chi connectivity index (χ4v) is 3.15. The molecular formula is C13H26N4O. The van der Waals surface area contributed by atoms with E-state index in [0.717, 1.165) is 52.1 Å². The van der Waals surface area contributed by atoms with Crippen LogP contribution in [0.5, 0.6) is 0 Å². The van der Waals surface area contributed by atoms with Crippen LogP contribution in [0.2, 0.25) is 0 Å². The Balaban J connectivity index is 2.14. The lowest BCUT2D eigenvalue weighted by molar-refractivity contribution is -0.129. The lowest BCUT2D eigenvalue weighted by Gasteiger charge is -2.38. The molecule has 0 aromatic heterocycles. The summed E-state index contributed by atoms with van der Waals surface area (Å²) in [5.74, 6) is -0.146. The molecule has 0 aromatic carbocycles. The van der Waals surface area contributed by atoms with Gasteiger partial charge in [0.2, 0.25) is 5.91 Å². The summed E-state index contributed by atoms with van der Waals surface area (Å²) in [7, 11) is 0. The Morgan fingerprint density at radius 3 is 2.67 bits per heavy atom. The molecule has 0 saturated carbocycles. The third-order valence-corrected chi connectivity index (χ3v) is 4.41. The van der Waals surface area contributed by atoms with Gasteiger partial charge in [-0.3, -0.25) is 14.6 Å².